The molecule has 0 saturated heterocycles. The molecule has 0 atom stereocenters. The number of hydrogen-bond donors (Lipinski definition) is 1. The fraction of sp³-hybridized carbons (Fsp3) is 0.667. The van der Waals surface area contributed by atoms with Crippen LogP contribution in [0.2, 0.25) is 0 Å². The molecule has 5 heteroatoms. The van der Waals surface area contributed by atoms with Crippen LogP contribution in [-0.4, -0.2) is 19.6 Å². The molecule has 0 amide bonds. The van der Waals surface area contributed by atoms with Gasteiger partial charge in [-0.2, -0.15) is 8.42 Å². The van der Waals surface area contributed by atoms with Crippen LogP contribution in [0.1, 0.15) is 19.8 Å². The van der Waals surface area contributed by atoms with E-state index in [1.165, 1.54) is 0 Å². The van der Waals surface area contributed by atoms with E-state index in [-0.39, 0.29) is 6.61 Å². The third-order valence-corrected chi connectivity index (χ3v) is 1.37. The van der Waals surface area contributed by atoms with Crippen molar-refractivity contribution in [1.29, 1.82) is 0 Å². The Kier molecular flexibility index (Phi) is 5.10. The normalized spacial score (nSPS) is 12.5. The van der Waals surface area contributed by atoms with Gasteiger partial charge in [-0.3, -0.25) is 4.55 Å². The van der Waals surface area contributed by atoms with Crippen LogP contribution in [-0.2, 0) is 14.6 Å². The van der Waals surface area contributed by atoms with E-state index in [2.05, 4.69) is 4.18 Å². The van der Waals surface area contributed by atoms with Gasteiger partial charge >= 0.3 is 10.4 Å². The number of rotatable bonds is 5. The second-order valence-electron chi connectivity index (χ2n) is 1.97. The van der Waals surface area contributed by atoms with E-state index in [9.17, 15) is 8.42 Å². The van der Waals surface area contributed by atoms with Crippen LogP contribution < -0.4 is 0 Å². The van der Waals surface area contributed by atoms with Gasteiger partial charge in [-0.25, -0.2) is 4.18 Å². The Bertz CT molecular complexity index is 205. The zero-order valence-corrected chi connectivity index (χ0v) is 7.17. The predicted molar refractivity (Wildman–Crippen MR) is 41.5 cm³/mol. The molecular formula is C6H12O4S. The van der Waals surface area contributed by atoms with E-state index in [1.54, 1.807) is 12.2 Å². The number of allylic oxidation sites excluding steroid dienone is 1. The average molecular weight is 180 g/mol. The minimum atomic E-state index is -4.26. The lowest BCUT2D eigenvalue weighted by molar-refractivity contribution is 0.296. The molecule has 0 aromatic heterocycles. The molecule has 0 heterocycles. The minimum Gasteiger partial charge on any atom is -0.264 e. The zero-order valence-electron chi connectivity index (χ0n) is 6.36. The van der Waals surface area contributed by atoms with E-state index < -0.39 is 10.4 Å². The highest BCUT2D eigenvalue weighted by atomic mass is 32.3. The third-order valence-electron chi connectivity index (χ3n) is 0.935. The van der Waals surface area contributed by atoms with Crippen LogP contribution in [0.5, 0.6) is 0 Å². The summed E-state index contributed by atoms with van der Waals surface area (Å²) in [7, 11) is -4.26. The maximum Gasteiger partial charge on any atom is 0.397 e. The van der Waals surface area contributed by atoms with Gasteiger partial charge in [0.25, 0.3) is 0 Å². The summed E-state index contributed by atoms with van der Waals surface area (Å²) in [4.78, 5) is 0. The molecule has 4 nitrogen and oxygen atoms in total. The highest BCUT2D eigenvalue weighted by Gasteiger charge is 1.99. The monoisotopic (exact) mass is 180 g/mol. The lowest BCUT2D eigenvalue weighted by Gasteiger charge is -1.92. The van der Waals surface area contributed by atoms with E-state index in [4.69, 9.17) is 4.55 Å². The van der Waals surface area contributed by atoms with Crippen molar-refractivity contribution >= 4 is 10.4 Å². The first-order valence-corrected chi connectivity index (χ1v) is 4.69. The number of unbranched alkanes of at least 4 members (excludes halogenated alkanes) is 1. The van der Waals surface area contributed by atoms with Crippen LogP contribution in [0.15, 0.2) is 12.2 Å². The Morgan fingerprint density at radius 3 is 2.55 bits per heavy atom. The lowest BCUT2D eigenvalue weighted by atomic mass is 10.3. The molecule has 0 radical (unpaired) electrons. The topological polar surface area (TPSA) is 63.6 Å². The van der Waals surface area contributed by atoms with Crippen LogP contribution in [0.4, 0.5) is 0 Å². The van der Waals surface area contributed by atoms with Gasteiger partial charge in [0.15, 0.2) is 0 Å². The fourth-order valence-electron chi connectivity index (χ4n) is 0.478. The third kappa shape index (κ3) is 9.61. The van der Waals surface area contributed by atoms with Crippen LogP contribution >= 0.6 is 0 Å². The van der Waals surface area contributed by atoms with Crippen molar-refractivity contribution in [1.82, 2.24) is 0 Å². The summed E-state index contributed by atoms with van der Waals surface area (Å²) in [6.45, 7) is 1.91. The summed E-state index contributed by atoms with van der Waals surface area (Å²) in [5.74, 6) is 0. The summed E-state index contributed by atoms with van der Waals surface area (Å²) < 4.78 is 32.0. The predicted octanol–water partition coefficient (Wildman–Crippen LogP) is 1.16. The second-order valence-corrected chi connectivity index (χ2v) is 3.06. The van der Waals surface area contributed by atoms with E-state index in [0.717, 1.165) is 12.8 Å². The molecule has 0 saturated carbocycles. The SMILES string of the molecule is CCC/C=C/COS(=O)(=O)O. The highest BCUT2D eigenvalue weighted by molar-refractivity contribution is 7.80. The van der Waals surface area contributed by atoms with Crippen molar-refractivity contribution in [2.75, 3.05) is 6.61 Å². The molecule has 0 aliphatic rings. The summed E-state index contributed by atoms with van der Waals surface area (Å²) in [6, 6.07) is 0. The van der Waals surface area contributed by atoms with Gasteiger partial charge < -0.3 is 0 Å². The van der Waals surface area contributed by atoms with Gasteiger partial charge in [-0.15, -0.1) is 0 Å². The van der Waals surface area contributed by atoms with E-state index in [1.807, 2.05) is 6.92 Å². The van der Waals surface area contributed by atoms with E-state index in [0.29, 0.717) is 0 Å². The Labute approximate surface area is 66.8 Å². The molecule has 0 unspecified atom stereocenters. The lowest BCUT2D eigenvalue weighted by Crippen LogP contribution is -2.02. The Hall–Kier alpha value is -0.390. The second kappa shape index (κ2) is 5.29. The van der Waals surface area contributed by atoms with Crippen molar-refractivity contribution in [2.45, 2.75) is 19.8 Å². The van der Waals surface area contributed by atoms with Crippen molar-refractivity contribution in [2.24, 2.45) is 0 Å². The summed E-state index contributed by atoms with van der Waals surface area (Å²) in [6.07, 6.45) is 5.24. The quantitative estimate of drug-likeness (QED) is 0.509. The molecule has 0 aromatic carbocycles. The Balaban J connectivity index is 3.42. The standard InChI is InChI=1S/C6H12O4S/c1-2-3-4-5-6-10-11(7,8)9/h4-5H,2-3,6H2,1H3,(H,7,8,9)/b5-4+. The summed E-state index contributed by atoms with van der Waals surface area (Å²) in [5.41, 5.74) is 0. The van der Waals surface area contributed by atoms with Crippen LogP contribution in [0.3, 0.4) is 0 Å². The summed E-state index contributed by atoms with van der Waals surface area (Å²) >= 11 is 0. The van der Waals surface area contributed by atoms with Gasteiger partial charge in [-0.05, 0) is 6.42 Å². The van der Waals surface area contributed by atoms with Gasteiger partial charge in [0, 0.05) is 0 Å². The largest absolute Gasteiger partial charge is 0.397 e. The average Bonchev–Trinajstić information content (AvgIpc) is 1.85. The molecule has 0 bridgehead atoms. The number of hydrogen-bond acceptors (Lipinski definition) is 3. The fourth-order valence-corrected chi connectivity index (χ4v) is 0.728. The maximum absolute atomic E-state index is 9.96. The molecule has 1 N–H and O–H groups in total. The smallest absolute Gasteiger partial charge is 0.264 e. The van der Waals surface area contributed by atoms with Crippen molar-refractivity contribution in [3.8, 4) is 0 Å². The van der Waals surface area contributed by atoms with Gasteiger partial charge in [0.05, 0.1) is 6.61 Å². The molecule has 0 spiro atoms. The maximum atomic E-state index is 9.96. The van der Waals surface area contributed by atoms with Crippen molar-refractivity contribution in [3.05, 3.63) is 12.2 Å². The highest BCUT2D eigenvalue weighted by Crippen LogP contribution is 1.90. The Morgan fingerprint density at radius 1 is 1.45 bits per heavy atom. The molecule has 66 valence electrons. The summed E-state index contributed by atoms with van der Waals surface area (Å²) in [5, 5.41) is 0. The van der Waals surface area contributed by atoms with Gasteiger partial charge in [0.2, 0.25) is 0 Å². The first kappa shape index (κ1) is 10.6. The van der Waals surface area contributed by atoms with Crippen LogP contribution in [0, 0.1) is 0 Å². The molecule has 0 rings (SSSR count). The van der Waals surface area contributed by atoms with Crippen LogP contribution in [0.25, 0.3) is 0 Å². The Morgan fingerprint density at radius 2 is 2.09 bits per heavy atom. The first-order chi connectivity index (χ1) is 5.06. The molecule has 0 aliphatic heterocycles. The molecule has 0 fully saturated rings. The van der Waals surface area contributed by atoms with Gasteiger partial charge in [-0.1, -0.05) is 25.5 Å². The molecule has 0 aliphatic carbocycles. The minimum absolute atomic E-state index is 0.0984. The first-order valence-electron chi connectivity index (χ1n) is 3.33. The van der Waals surface area contributed by atoms with Crippen molar-refractivity contribution in [3.63, 3.8) is 0 Å². The molecular weight excluding hydrogens is 168 g/mol. The molecule has 0 aromatic rings. The van der Waals surface area contributed by atoms with E-state index >= 15 is 0 Å². The van der Waals surface area contributed by atoms with Crippen molar-refractivity contribution < 1.29 is 17.2 Å². The van der Waals surface area contributed by atoms with Gasteiger partial charge in [0.1, 0.15) is 0 Å². The zero-order chi connectivity index (χ0) is 8.74. The molecule has 11 heavy (non-hydrogen) atoms.